The fraction of sp³-hybridized carbons (Fsp3) is 0.750. The summed E-state index contributed by atoms with van der Waals surface area (Å²) in [5.74, 6) is -1.71. The summed E-state index contributed by atoms with van der Waals surface area (Å²) in [6.45, 7) is 6.53. The van der Waals surface area contributed by atoms with Crippen LogP contribution in [0.1, 0.15) is 27.7 Å². The number of carbonyl (C=O) groups is 3. The molecule has 0 heterocycles. The van der Waals surface area contributed by atoms with Gasteiger partial charge < -0.3 is 18.9 Å². The van der Waals surface area contributed by atoms with Crippen LogP contribution in [0.4, 0.5) is 4.79 Å². The molecule has 0 rings (SSSR count). The van der Waals surface area contributed by atoms with Gasteiger partial charge in [-0.25, -0.2) is 9.59 Å². The zero-order valence-electron chi connectivity index (χ0n) is 11.6. The molecule has 7 heteroatoms. The molecule has 0 aliphatic carbocycles. The highest BCUT2D eigenvalue weighted by molar-refractivity contribution is 5.77. The Kier molecular flexibility index (Phi) is 8.32. The molecule has 0 amide bonds. The van der Waals surface area contributed by atoms with E-state index in [0.29, 0.717) is 0 Å². The monoisotopic (exact) mass is 276 g/mol. The van der Waals surface area contributed by atoms with Crippen LogP contribution in [0.25, 0.3) is 0 Å². The largest absolute Gasteiger partial charge is 0.509 e. The predicted octanol–water partition coefficient (Wildman–Crippen LogP) is 1.29. The molecule has 2 unspecified atom stereocenters. The molecule has 2 atom stereocenters. The minimum atomic E-state index is -1.05. The third kappa shape index (κ3) is 7.28. The van der Waals surface area contributed by atoms with Gasteiger partial charge in [-0.1, -0.05) is 0 Å². The van der Waals surface area contributed by atoms with Gasteiger partial charge in [-0.2, -0.15) is 0 Å². The first-order valence-electron chi connectivity index (χ1n) is 6.09. The molecule has 0 radical (unpaired) electrons. The van der Waals surface area contributed by atoms with Crippen molar-refractivity contribution >= 4 is 18.1 Å². The Balaban J connectivity index is 3.98. The first-order chi connectivity index (χ1) is 8.92. The molecule has 7 nitrogen and oxygen atoms in total. The van der Waals surface area contributed by atoms with E-state index < -0.39 is 30.1 Å². The summed E-state index contributed by atoms with van der Waals surface area (Å²) in [6.07, 6.45) is -2.08. The molecule has 0 aromatic carbocycles. The SMILES string of the molecule is CCOC(=O)C(C)COC(=O)OC(C)C(=O)OCC. The Labute approximate surface area is 112 Å². The van der Waals surface area contributed by atoms with E-state index >= 15 is 0 Å². The van der Waals surface area contributed by atoms with Crippen molar-refractivity contribution in [3.05, 3.63) is 0 Å². The van der Waals surface area contributed by atoms with Crippen molar-refractivity contribution in [3.8, 4) is 0 Å². The first kappa shape index (κ1) is 17.2. The van der Waals surface area contributed by atoms with Crippen LogP contribution in [0, 0.1) is 5.92 Å². The normalized spacial score (nSPS) is 13.1. The number of carbonyl (C=O) groups excluding carboxylic acids is 3. The predicted molar refractivity (Wildman–Crippen MR) is 64.3 cm³/mol. The maximum absolute atomic E-state index is 11.2. The molecule has 0 aromatic heterocycles. The Hall–Kier alpha value is -1.79. The molecular weight excluding hydrogens is 256 g/mol. The number of hydrogen-bond donors (Lipinski definition) is 0. The fourth-order valence-electron chi connectivity index (χ4n) is 1.03. The highest BCUT2D eigenvalue weighted by Crippen LogP contribution is 2.03. The van der Waals surface area contributed by atoms with Crippen molar-refractivity contribution in [3.63, 3.8) is 0 Å². The summed E-state index contributed by atoms with van der Waals surface area (Å²) in [5, 5.41) is 0. The zero-order valence-corrected chi connectivity index (χ0v) is 11.6. The van der Waals surface area contributed by atoms with Crippen LogP contribution in [0.15, 0.2) is 0 Å². The summed E-state index contributed by atoms with van der Waals surface area (Å²) in [7, 11) is 0. The summed E-state index contributed by atoms with van der Waals surface area (Å²) in [5.41, 5.74) is 0. The molecule has 0 saturated carbocycles. The minimum Gasteiger partial charge on any atom is -0.466 e. The van der Waals surface area contributed by atoms with Crippen molar-refractivity contribution in [2.24, 2.45) is 5.92 Å². The van der Waals surface area contributed by atoms with Crippen molar-refractivity contribution in [2.45, 2.75) is 33.8 Å². The van der Waals surface area contributed by atoms with Crippen LogP contribution in [0.3, 0.4) is 0 Å². The molecule has 0 aromatic rings. The van der Waals surface area contributed by atoms with Crippen LogP contribution in [-0.2, 0) is 28.5 Å². The van der Waals surface area contributed by atoms with Gasteiger partial charge in [0.05, 0.1) is 19.1 Å². The summed E-state index contributed by atoms with van der Waals surface area (Å²) in [4.78, 5) is 33.7. The highest BCUT2D eigenvalue weighted by atomic mass is 16.7. The molecule has 19 heavy (non-hydrogen) atoms. The Morgan fingerprint density at radius 1 is 0.895 bits per heavy atom. The van der Waals surface area contributed by atoms with Gasteiger partial charge >= 0.3 is 18.1 Å². The lowest BCUT2D eigenvalue weighted by Crippen LogP contribution is -2.28. The van der Waals surface area contributed by atoms with E-state index in [4.69, 9.17) is 9.47 Å². The fourth-order valence-corrected chi connectivity index (χ4v) is 1.03. The molecular formula is C12H20O7. The van der Waals surface area contributed by atoms with Crippen LogP contribution in [0.5, 0.6) is 0 Å². The van der Waals surface area contributed by atoms with Crippen LogP contribution in [0.2, 0.25) is 0 Å². The van der Waals surface area contributed by atoms with E-state index in [-0.39, 0.29) is 19.8 Å². The van der Waals surface area contributed by atoms with Gasteiger partial charge in [0.15, 0.2) is 6.10 Å². The lowest BCUT2D eigenvalue weighted by molar-refractivity contribution is -0.154. The lowest BCUT2D eigenvalue weighted by Gasteiger charge is -2.13. The lowest BCUT2D eigenvalue weighted by atomic mass is 10.2. The number of rotatable bonds is 7. The molecule has 0 spiro atoms. The molecule has 0 fully saturated rings. The van der Waals surface area contributed by atoms with Crippen LogP contribution < -0.4 is 0 Å². The quantitative estimate of drug-likeness (QED) is 0.511. The summed E-state index contributed by atoms with van der Waals surface area (Å²) in [6, 6.07) is 0. The van der Waals surface area contributed by atoms with Crippen LogP contribution >= 0.6 is 0 Å². The zero-order chi connectivity index (χ0) is 14.8. The third-order valence-corrected chi connectivity index (χ3v) is 2.03. The Morgan fingerprint density at radius 2 is 1.42 bits per heavy atom. The van der Waals surface area contributed by atoms with E-state index in [0.717, 1.165) is 0 Å². The van der Waals surface area contributed by atoms with E-state index in [1.165, 1.54) is 6.92 Å². The molecule has 0 saturated heterocycles. The van der Waals surface area contributed by atoms with E-state index in [1.54, 1.807) is 20.8 Å². The second kappa shape index (κ2) is 9.18. The Morgan fingerprint density at radius 3 is 1.95 bits per heavy atom. The van der Waals surface area contributed by atoms with Gasteiger partial charge in [0.1, 0.15) is 6.61 Å². The molecule has 0 bridgehead atoms. The smallest absolute Gasteiger partial charge is 0.466 e. The van der Waals surface area contributed by atoms with Crippen molar-refractivity contribution in [1.82, 2.24) is 0 Å². The average Bonchev–Trinajstić information content (AvgIpc) is 2.36. The highest BCUT2D eigenvalue weighted by Gasteiger charge is 2.22. The van der Waals surface area contributed by atoms with E-state index in [1.807, 2.05) is 0 Å². The maximum atomic E-state index is 11.2. The van der Waals surface area contributed by atoms with Crippen molar-refractivity contribution < 1.29 is 33.3 Å². The molecule has 110 valence electrons. The van der Waals surface area contributed by atoms with Gasteiger partial charge in [0, 0.05) is 0 Å². The maximum Gasteiger partial charge on any atom is 0.509 e. The van der Waals surface area contributed by atoms with Crippen LogP contribution in [-0.4, -0.2) is 44.0 Å². The molecule has 0 aliphatic rings. The molecule has 0 N–H and O–H groups in total. The topological polar surface area (TPSA) is 88.1 Å². The number of hydrogen-bond acceptors (Lipinski definition) is 7. The van der Waals surface area contributed by atoms with Crippen molar-refractivity contribution in [2.75, 3.05) is 19.8 Å². The second-order valence-corrected chi connectivity index (χ2v) is 3.73. The summed E-state index contributed by atoms with van der Waals surface area (Å²) >= 11 is 0. The Bertz CT molecular complexity index is 313. The van der Waals surface area contributed by atoms with E-state index in [9.17, 15) is 14.4 Å². The minimum absolute atomic E-state index is 0.173. The first-order valence-corrected chi connectivity index (χ1v) is 6.09. The summed E-state index contributed by atoms with van der Waals surface area (Å²) < 4.78 is 18.8. The number of esters is 2. The number of ether oxygens (including phenoxy) is 4. The van der Waals surface area contributed by atoms with Gasteiger partial charge in [0.25, 0.3) is 0 Å². The van der Waals surface area contributed by atoms with Gasteiger partial charge in [-0.15, -0.1) is 0 Å². The standard InChI is InChI=1S/C12H20O7/c1-5-16-10(13)8(3)7-18-12(15)19-9(4)11(14)17-6-2/h8-9H,5-7H2,1-4H3. The van der Waals surface area contributed by atoms with Gasteiger partial charge in [-0.05, 0) is 27.7 Å². The average molecular weight is 276 g/mol. The second-order valence-electron chi connectivity index (χ2n) is 3.73. The van der Waals surface area contributed by atoms with Gasteiger partial charge in [-0.3, -0.25) is 4.79 Å². The van der Waals surface area contributed by atoms with Crippen molar-refractivity contribution in [1.29, 1.82) is 0 Å². The third-order valence-electron chi connectivity index (χ3n) is 2.03. The van der Waals surface area contributed by atoms with Gasteiger partial charge in [0.2, 0.25) is 0 Å². The molecule has 0 aliphatic heterocycles. The van der Waals surface area contributed by atoms with E-state index in [2.05, 4.69) is 9.47 Å².